The predicted molar refractivity (Wildman–Crippen MR) is 58.5 cm³/mol. The minimum atomic E-state index is -0.407. The zero-order valence-electron chi connectivity index (χ0n) is 10.2. The van der Waals surface area contributed by atoms with Gasteiger partial charge < -0.3 is 20.1 Å². The highest BCUT2D eigenvalue weighted by atomic mass is 16.7. The van der Waals surface area contributed by atoms with Crippen molar-refractivity contribution in [2.24, 2.45) is 5.92 Å². The second kappa shape index (κ2) is 7.62. The highest BCUT2D eigenvalue weighted by molar-refractivity contribution is 5.78. The van der Waals surface area contributed by atoms with Crippen LogP contribution in [0.4, 0.5) is 0 Å². The van der Waals surface area contributed by atoms with E-state index in [4.69, 9.17) is 9.47 Å². The molecule has 0 aliphatic carbocycles. The third-order valence-electron chi connectivity index (χ3n) is 2.20. The van der Waals surface area contributed by atoms with Crippen molar-refractivity contribution in [2.75, 3.05) is 27.8 Å². The molecule has 0 aromatic heterocycles. The average Bonchev–Trinajstić information content (AvgIpc) is 2.19. The Morgan fingerprint density at radius 3 is 2.20 bits per heavy atom. The number of ether oxygens (including phenoxy) is 2. The smallest absolute Gasteiger partial charge is 0.224 e. The highest BCUT2D eigenvalue weighted by Gasteiger charge is 2.20. The Bertz CT molecular complexity index is 184. The van der Waals surface area contributed by atoms with E-state index in [1.807, 2.05) is 20.9 Å². The van der Waals surface area contributed by atoms with Crippen LogP contribution >= 0.6 is 0 Å². The first-order valence-electron chi connectivity index (χ1n) is 5.07. The third-order valence-corrected chi connectivity index (χ3v) is 2.20. The summed E-state index contributed by atoms with van der Waals surface area (Å²) in [5, 5.41) is 5.79. The minimum Gasteiger partial charge on any atom is -0.354 e. The molecule has 0 spiro atoms. The van der Waals surface area contributed by atoms with Crippen LogP contribution in [0.3, 0.4) is 0 Å². The molecule has 0 fully saturated rings. The molecule has 2 N–H and O–H groups in total. The summed E-state index contributed by atoms with van der Waals surface area (Å²) in [6.07, 6.45) is -0.407. The number of nitrogens with one attached hydrogen (secondary N) is 2. The van der Waals surface area contributed by atoms with E-state index >= 15 is 0 Å². The van der Waals surface area contributed by atoms with Crippen LogP contribution in [0.2, 0.25) is 0 Å². The first-order valence-corrected chi connectivity index (χ1v) is 5.07. The van der Waals surface area contributed by atoms with Crippen molar-refractivity contribution in [1.82, 2.24) is 10.6 Å². The molecule has 0 aliphatic rings. The van der Waals surface area contributed by atoms with Crippen LogP contribution in [0.5, 0.6) is 0 Å². The van der Waals surface area contributed by atoms with E-state index in [-0.39, 0.29) is 17.9 Å². The molecule has 2 atom stereocenters. The van der Waals surface area contributed by atoms with Gasteiger partial charge in [-0.1, -0.05) is 6.92 Å². The van der Waals surface area contributed by atoms with E-state index in [0.717, 1.165) is 0 Å². The van der Waals surface area contributed by atoms with Crippen molar-refractivity contribution in [3.05, 3.63) is 0 Å². The van der Waals surface area contributed by atoms with Gasteiger partial charge in [0, 0.05) is 26.7 Å². The Labute approximate surface area is 91.5 Å². The Hall–Kier alpha value is -0.650. The number of hydrogen-bond donors (Lipinski definition) is 2. The zero-order valence-corrected chi connectivity index (χ0v) is 10.2. The molecule has 1 amide bonds. The van der Waals surface area contributed by atoms with Gasteiger partial charge in [0.25, 0.3) is 0 Å². The predicted octanol–water partition coefficient (Wildman–Crippen LogP) is -0.0345. The molecule has 0 aromatic carbocycles. The maximum Gasteiger partial charge on any atom is 0.224 e. The lowest BCUT2D eigenvalue weighted by molar-refractivity contribution is -0.138. The fraction of sp³-hybridized carbons (Fsp3) is 0.900. The summed E-state index contributed by atoms with van der Waals surface area (Å²) in [5.41, 5.74) is 0. The molecule has 0 aliphatic heterocycles. The number of methoxy groups -OCH3 is 2. The van der Waals surface area contributed by atoms with E-state index in [9.17, 15) is 4.79 Å². The van der Waals surface area contributed by atoms with Gasteiger partial charge in [0.15, 0.2) is 6.29 Å². The fourth-order valence-electron chi connectivity index (χ4n) is 1.34. The molecular weight excluding hydrogens is 196 g/mol. The van der Waals surface area contributed by atoms with Crippen molar-refractivity contribution in [2.45, 2.75) is 26.2 Å². The Morgan fingerprint density at radius 2 is 1.80 bits per heavy atom. The van der Waals surface area contributed by atoms with Gasteiger partial charge in [-0.25, -0.2) is 0 Å². The maximum atomic E-state index is 11.6. The van der Waals surface area contributed by atoms with Crippen LogP contribution in [0, 0.1) is 5.92 Å². The average molecular weight is 218 g/mol. The van der Waals surface area contributed by atoms with Gasteiger partial charge in [-0.05, 0) is 14.0 Å². The number of carbonyl (C=O) groups is 1. The fourth-order valence-corrected chi connectivity index (χ4v) is 1.34. The molecule has 2 unspecified atom stereocenters. The molecule has 5 nitrogen and oxygen atoms in total. The molecule has 90 valence electrons. The van der Waals surface area contributed by atoms with Gasteiger partial charge >= 0.3 is 0 Å². The molecule has 0 radical (unpaired) electrons. The van der Waals surface area contributed by atoms with Gasteiger partial charge in [0.2, 0.25) is 5.91 Å². The summed E-state index contributed by atoms with van der Waals surface area (Å²) in [4.78, 5) is 11.6. The summed E-state index contributed by atoms with van der Waals surface area (Å²) >= 11 is 0. The molecular formula is C10H22N2O3. The molecule has 15 heavy (non-hydrogen) atoms. The summed E-state index contributed by atoms with van der Waals surface area (Å²) < 4.78 is 10.1. The third kappa shape index (κ3) is 5.11. The topological polar surface area (TPSA) is 59.6 Å². The second-order valence-corrected chi connectivity index (χ2v) is 3.60. The lowest BCUT2D eigenvalue weighted by Gasteiger charge is -2.23. The normalized spacial score (nSPS) is 15.1. The Morgan fingerprint density at radius 1 is 1.27 bits per heavy atom. The lowest BCUT2D eigenvalue weighted by Crippen LogP contribution is -2.46. The maximum absolute atomic E-state index is 11.6. The standard InChI is InChI=1S/C10H22N2O3/c1-7(6-11-3)9(13)12-8(2)10(14-4)15-5/h7-8,10-11H,6H2,1-5H3,(H,12,13). The Balaban J connectivity index is 4.04. The van der Waals surface area contributed by atoms with Crippen LogP contribution < -0.4 is 10.6 Å². The van der Waals surface area contributed by atoms with Crippen molar-refractivity contribution in [3.63, 3.8) is 0 Å². The lowest BCUT2D eigenvalue weighted by atomic mass is 10.1. The first kappa shape index (κ1) is 14.3. The van der Waals surface area contributed by atoms with Crippen molar-refractivity contribution in [3.8, 4) is 0 Å². The summed E-state index contributed by atoms with van der Waals surface area (Å²) in [6.45, 7) is 4.37. The van der Waals surface area contributed by atoms with Gasteiger partial charge in [-0.2, -0.15) is 0 Å². The van der Waals surface area contributed by atoms with E-state index < -0.39 is 6.29 Å². The van der Waals surface area contributed by atoms with Crippen LogP contribution in [0.25, 0.3) is 0 Å². The SMILES string of the molecule is CNCC(C)C(=O)NC(C)C(OC)OC. The molecule has 0 bridgehead atoms. The van der Waals surface area contributed by atoms with E-state index in [1.54, 1.807) is 14.2 Å². The van der Waals surface area contributed by atoms with Crippen LogP contribution in [-0.4, -0.2) is 46.1 Å². The van der Waals surface area contributed by atoms with Gasteiger partial charge in [0.05, 0.1) is 6.04 Å². The second-order valence-electron chi connectivity index (χ2n) is 3.60. The van der Waals surface area contributed by atoms with Crippen LogP contribution in [0.15, 0.2) is 0 Å². The minimum absolute atomic E-state index is 0.00375. The van der Waals surface area contributed by atoms with Crippen LogP contribution in [-0.2, 0) is 14.3 Å². The molecule has 0 aromatic rings. The number of amides is 1. The quantitative estimate of drug-likeness (QED) is 0.589. The van der Waals surface area contributed by atoms with E-state index in [2.05, 4.69) is 10.6 Å². The van der Waals surface area contributed by atoms with Crippen molar-refractivity contribution < 1.29 is 14.3 Å². The number of rotatable bonds is 7. The van der Waals surface area contributed by atoms with Crippen molar-refractivity contribution >= 4 is 5.91 Å². The summed E-state index contributed by atoms with van der Waals surface area (Å²) in [7, 11) is 4.92. The van der Waals surface area contributed by atoms with E-state index in [0.29, 0.717) is 6.54 Å². The zero-order chi connectivity index (χ0) is 11.8. The number of hydrogen-bond acceptors (Lipinski definition) is 4. The highest BCUT2D eigenvalue weighted by Crippen LogP contribution is 2.01. The van der Waals surface area contributed by atoms with Gasteiger partial charge in [0.1, 0.15) is 0 Å². The number of carbonyl (C=O) groups excluding carboxylic acids is 1. The molecule has 0 rings (SSSR count). The molecule has 5 heteroatoms. The molecule has 0 saturated carbocycles. The summed E-state index contributed by atoms with van der Waals surface area (Å²) in [5.74, 6) is -0.0669. The van der Waals surface area contributed by atoms with E-state index in [1.165, 1.54) is 0 Å². The van der Waals surface area contributed by atoms with Crippen molar-refractivity contribution in [1.29, 1.82) is 0 Å². The Kier molecular flexibility index (Phi) is 7.29. The molecule has 0 saturated heterocycles. The largest absolute Gasteiger partial charge is 0.354 e. The van der Waals surface area contributed by atoms with Crippen LogP contribution in [0.1, 0.15) is 13.8 Å². The van der Waals surface area contributed by atoms with Gasteiger partial charge in [-0.3, -0.25) is 4.79 Å². The molecule has 0 heterocycles. The first-order chi connectivity index (χ1) is 7.06. The monoisotopic (exact) mass is 218 g/mol. The van der Waals surface area contributed by atoms with Gasteiger partial charge in [-0.15, -0.1) is 0 Å². The summed E-state index contributed by atoms with van der Waals surface area (Å²) in [6, 6.07) is -0.160.